The van der Waals surface area contributed by atoms with Crippen LogP contribution in [0.15, 0.2) is 23.2 Å². The molecule has 2 aliphatic heterocycles. The number of aliphatic imine (C=N–C) groups is 1. The van der Waals surface area contributed by atoms with Crippen molar-refractivity contribution in [3.63, 3.8) is 0 Å². The third-order valence-electron chi connectivity index (χ3n) is 5.18. The molecule has 2 aliphatic rings. The fourth-order valence-corrected chi connectivity index (χ4v) is 3.79. The lowest BCUT2D eigenvalue weighted by Crippen LogP contribution is -2.47. The van der Waals surface area contributed by atoms with E-state index in [1.54, 1.807) is 7.11 Å². The number of halogens is 2. The quantitative estimate of drug-likeness (QED) is 0.350. The average Bonchev–Trinajstić information content (AvgIpc) is 3.22. The molecule has 3 rings (SSSR count). The minimum atomic E-state index is 0. The summed E-state index contributed by atoms with van der Waals surface area (Å²) in [4.78, 5) is 6.72. The molecule has 2 fully saturated rings. The Morgan fingerprint density at radius 3 is 2.75 bits per heavy atom. The van der Waals surface area contributed by atoms with E-state index in [2.05, 4.69) is 15.2 Å². The highest BCUT2D eigenvalue weighted by Crippen LogP contribution is 2.23. The van der Waals surface area contributed by atoms with Gasteiger partial charge in [-0.1, -0.05) is 17.7 Å². The number of nitrogens with one attached hydrogen (secondary N) is 1. The zero-order valence-electron chi connectivity index (χ0n) is 16.7. The van der Waals surface area contributed by atoms with Gasteiger partial charge in [-0.3, -0.25) is 4.99 Å². The molecular weight excluding hydrogens is 493 g/mol. The fourth-order valence-electron chi connectivity index (χ4n) is 3.62. The normalized spacial score (nSPS) is 20.8. The largest absolute Gasteiger partial charge is 0.496 e. The summed E-state index contributed by atoms with van der Waals surface area (Å²) < 4.78 is 17.1. The molecule has 8 heteroatoms. The third kappa shape index (κ3) is 6.64. The molecule has 0 amide bonds. The fraction of sp³-hybridized carbons (Fsp3) is 0.650. The Balaban J connectivity index is 0.00000280. The molecule has 1 unspecified atom stereocenters. The summed E-state index contributed by atoms with van der Waals surface area (Å²) in [7, 11) is 3.48. The van der Waals surface area contributed by atoms with Crippen molar-refractivity contribution in [3.05, 3.63) is 28.8 Å². The summed E-state index contributed by atoms with van der Waals surface area (Å²) >= 11 is 6.04. The summed E-state index contributed by atoms with van der Waals surface area (Å²) in [5, 5.41) is 4.10. The van der Waals surface area contributed by atoms with Crippen LogP contribution in [0.25, 0.3) is 0 Å². The molecule has 1 aromatic rings. The van der Waals surface area contributed by atoms with E-state index in [9.17, 15) is 0 Å². The Morgan fingerprint density at radius 2 is 2.11 bits per heavy atom. The zero-order valence-corrected chi connectivity index (χ0v) is 19.7. The maximum absolute atomic E-state index is 6.06. The van der Waals surface area contributed by atoms with Crippen molar-refractivity contribution >= 4 is 41.5 Å². The van der Waals surface area contributed by atoms with E-state index in [-0.39, 0.29) is 24.0 Å². The molecule has 2 saturated heterocycles. The molecule has 158 valence electrons. The van der Waals surface area contributed by atoms with Gasteiger partial charge in [-0.2, -0.15) is 0 Å². The molecule has 0 aromatic heterocycles. The predicted octanol–water partition coefficient (Wildman–Crippen LogP) is 3.70. The van der Waals surface area contributed by atoms with Gasteiger partial charge in [-0.15, -0.1) is 24.0 Å². The molecular formula is C20H31ClIN3O3. The molecule has 6 nitrogen and oxygen atoms in total. The lowest BCUT2D eigenvalue weighted by atomic mass is 10.1. The number of benzene rings is 1. The van der Waals surface area contributed by atoms with Gasteiger partial charge in [0.2, 0.25) is 0 Å². The van der Waals surface area contributed by atoms with Crippen molar-refractivity contribution in [1.82, 2.24) is 10.2 Å². The first-order valence-corrected chi connectivity index (χ1v) is 10.1. The molecule has 1 aromatic carbocycles. The van der Waals surface area contributed by atoms with Gasteiger partial charge < -0.3 is 24.4 Å². The van der Waals surface area contributed by atoms with Crippen LogP contribution in [0, 0.1) is 0 Å². The van der Waals surface area contributed by atoms with Crippen molar-refractivity contribution < 1.29 is 14.2 Å². The van der Waals surface area contributed by atoms with Crippen LogP contribution in [0.5, 0.6) is 5.75 Å². The number of rotatable bonds is 6. The average molecular weight is 524 g/mol. The SMILES string of the molecule is CN=C(NCc1ccc(Cl)cc1OC)N1CCC(OCC2CCCO2)CC1.I. The van der Waals surface area contributed by atoms with Crippen LogP contribution in [-0.4, -0.2) is 63.5 Å². The molecule has 0 saturated carbocycles. The van der Waals surface area contributed by atoms with Crippen LogP contribution in [0.2, 0.25) is 5.02 Å². The molecule has 1 atom stereocenters. The second-order valence-corrected chi connectivity index (χ2v) is 7.45. The first-order valence-electron chi connectivity index (χ1n) is 9.71. The van der Waals surface area contributed by atoms with Crippen LogP contribution < -0.4 is 10.1 Å². The lowest BCUT2D eigenvalue weighted by Gasteiger charge is -2.34. The number of piperidine rings is 1. The standard InChI is InChI=1S/C20H30ClN3O3.HI/c1-22-20(23-13-15-5-6-16(21)12-19(15)25-2)24-9-7-17(8-10-24)27-14-18-4-3-11-26-18;/h5-6,12,17-18H,3-4,7-11,13-14H2,1-2H3,(H,22,23);1H. The molecule has 1 N–H and O–H groups in total. The summed E-state index contributed by atoms with van der Waals surface area (Å²) in [6.45, 7) is 4.13. The summed E-state index contributed by atoms with van der Waals surface area (Å²) in [5.41, 5.74) is 1.05. The summed E-state index contributed by atoms with van der Waals surface area (Å²) in [5.74, 6) is 1.69. The molecule has 0 spiro atoms. The molecule has 28 heavy (non-hydrogen) atoms. The highest BCUT2D eigenvalue weighted by molar-refractivity contribution is 14.0. The van der Waals surface area contributed by atoms with Gasteiger partial charge in [0, 0.05) is 43.9 Å². The van der Waals surface area contributed by atoms with E-state index in [0.29, 0.717) is 23.8 Å². The number of ether oxygens (including phenoxy) is 3. The van der Waals surface area contributed by atoms with Crippen molar-refractivity contribution in [1.29, 1.82) is 0 Å². The first-order chi connectivity index (χ1) is 13.2. The maximum atomic E-state index is 6.06. The van der Waals surface area contributed by atoms with E-state index < -0.39 is 0 Å². The number of hydrogen-bond acceptors (Lipinski definition) is 4. The zero-order chi connectivity index (χ0) is 19.1. The topological polar surface area (TPSA) is 55.3 Å². The minimum Gasteiger partial charge on any atom is -0.496 e. The van der Waals surface area contributed by atoms with Gasteiger partial charge in [0.25, 0.3) is 0 Å². The van der Waals surface area contributed by atoms with Gasteiger partial charge in [-0.05, 0) is 37.8 Å². The number of methoxy groups -OCH3 is 1. The van der Waals surface area contributed by atoms with Gasteiger partial charge in [0.05, 0.1) is 25.9 Å². The summed E-state index contributed by atoms with van der Waals surface area (Å²) in [6, 6.07) is 5.69. The lowest BCUT2D eigenvalue weighted by molar-refractivity contribution is -0.0367. The Kier molecular flexibility index (Phi) is 10.1. The van der Waals surface area contributed by atoms with Crippen molar-refractivity contribution in [3.8, 4) is 5.75 Å². The Labute approximate surface area is 190 Å². The van der Waals surface area contributed by atoms with Crippen LogP contribution >= 0.6 is 35.6 Å². The summed E-state index contributed by atoms with van der Waals surface area (Å²) in [6.07, 6.45) is 4.93. The molecule has 0 radical (unpaired) electrons. The Bertz CT molecular complexity index is 633. The van der Waals surface area contributed by atoms with Crippen LogP contribution in [0.4, 0.5) is 0 Å². The number of nitrogens with zero attached hydrogens (tertiary/aromatic N) is 2. The minimum absolute atomic E-state index is 0. The van der Waals surface area contributed by atoms with Gasteiger partial charge in [0.1, 0.15) is 5.75 Å². The van der Waals surface area contributed by atoms with E-state index in [1.165, 1.54) is 0 Å². The number of guanidine groups is 1. The van der Waals surface area contributed by atoms with Crippen LogP contribution in [0.1, 0.15) is 31.2 Å². The molecule has 0 bridgehead atoms. The smallest absolute Gasteiger partial charge is 0.193 e. The van der Waals surface area contributed by atoms with Crippen LogP contribution in [-0.2, 0) is 16.0 Å². The van der Waals surface area contributed by atoms with Crippen molar-refractivity contribution in [2.45, 2.75) is 44.4 Å². The Hall–Kier alpha value is -0.770. The van der Waals surface area contributed by atoms with E-state index in [0.717, 1.165) is 69.3 Å². The van der Waals surface area contributed by atoms with Crippen molar-refractivity contribution in [2.24, 2.45) is 4.99 Å². The molecule has 2 heterocycles. The van der Waals surface area contributed by atoms with E-state index in [4.69, 9.17) is 25.8 Å². The van der Waals surface area contributed by atoms with Gasteiger partial charge >= 0.3 is 0 Å². The second kappa shape index (κ2) is 12.0. The van der Waals surface area contributed by atoms with Gasteiger partial charge in [-0.25, -0.2) is 0 Å². The number of likely N-dealkylation sites (tertiary alicyclic amines) is 1. The predicted molar refractivity (Wildman–Crippen MR) is 123 cm³/mol. The van der Waals surface area contributed by atoms with Crippen molar-refractivity contribution in [2.75, 3.05) is 40.5 Å². The molecule has 0 aliphatic carbocycles. The highest BCUT2D eigenvalue weighted by Gasteiger charge is 2.24. The highest BCUT2D eigenvalue weighted by atomic mass is 127. The maximum Gasteiger partial charge on any atom is 0.193 e. The Morgan fingerprint density at radius 1 is 1.32 bits per heavy atom. The monoisotopic (exact) mass is 523 g/mol. The third-order valence-corrected chi connectivity index (χ3v) is 5.42. The first kappa shape index (κ1) is 23.5. The van der Waals surface area contributed by atoms with E-state index >= 15 is 0 Å². The van der Waals surface area contributed by atoms with E-state index in [1.807, 2.05) is 25.2 Å². The van der Waals surface area contributed by atoms with Gasteiger partial charge in [0.15, 0.2) is 5.96 Å². The van der Waals surface area contributed by atoms with Crippen LogP contribution in [0.3, 0.4) is 0 Å². The second-order valence-electron chi connectivity index (χ2n) is 7.01. The number of hydrogen-bond donors (Lipinski definition) is 1.